The fraction of sp³-hybridized carbons (Fsp3) is 0.222. The van der Waals surface area contributed by atoms with Crippen molar-refractivity contribution in [2.24, 2.45) is 0 Å². The largest absolute Gasteiger partial charge is 0.492 e. The van der Waals surface area contributed by atoms with Crippen LogP contribution in [0.5, 0.6) is 5.75 Å². The second-order valence-electron chi connectivity index (χ2n) is 6.24. The van der Waals surface area contributed by atoms with Crippen LogP contribution in [-0.4, -0.2) is 23.8 Å². The number of fused-ring (bicyclic) bond motifs is 3. The molecule has 6 heteroatoms. The Labute approximate surface area is 136 Å². The summed E-state index contributed by atoms with van der Waals surface area (Å²) in [6.07, 6.45) is 1.47. The number of methoxy groups -OCH3 is 1. The summed E-state index contributed by atoms with van der Waals surface area (Å²) in [5, 5.41) is 10.8. The Bertz CT molecular complexity index is 1010. The average molecular weight is 326 g/mol. The topological polar surface area (TPSA) is 89.9 Å². The highest BCUT2D eigenvalue weighted by molar-refractivity contribution is 6.30. The van der Waals surface area contributed by atoms with Crippen LogP contribution in [-0.2, 0) is 5.60 Å². The normalized spacial score (nSPS) is 14.0. The van der Waals surface area contributed by atoms with Gasteiger partial charge in [-0.25, -0.2) is 0 Å². The van der Waals surface area contributed by atoms with Crippen molar-refractivity contribution in [3.63, 3.8) is 0 Å². The third-order valence-electron chi connectivity index (χ3n) is 4.16. The Morgan fingerprint density at radius 2 is 1.88 bits per heavy atom. The van der Waals surface area contributed by atoms with E-state index in [0.29, 0.717) is 11.0 Å². The second kappa shape index (κ2) is 4.58. The number of carbonyl (C=O) groups is 2. The lowest BCUT2D eigenvalue weighted by Crippen LogP contribution is -2.20. The Kier molecular flexibility index (Phi) is 2.81. The Morgan fingerprint density at radius 3 is 2.54 bits per heavy atom. The zero-order valence-electron chi connectivity index (χ0n) is 13.3. The van der Waals surface area contributed by atoms with E-state index in [9.17, 15) is 14.7 Å². The molecule has 1 aromatic carbocycles. The van der Waals surface area contributed by atoms with Gasteiger partial charge in [0.2, 0.25) is 5.78 Å². The molecule has 0 spiro atoms. The minimum absolute atomic E-state index is 0.0890. The number of aliphatic hydroxyl groups is 1. The number of carbonyl (C=O) groups excluding carboxylic acids is 2. The molecule has 0 aliphatic heterocycles. The third kappa shape index (κ3) is 1.80. The summed E-state index contributed by atoms with van der Waals surface area (Å²) < 4.78 is 16.2. The Balaban J connectivity index is 2.03. The van der Waals surface area contributed by atoms with Crippen molar-refractivity contribution in [1.29, 1.82) is 0 Å². The van der Waals surface area contributed by atoms with E-state index in [2.05, 4.69) is 0 Å². The minimum Gasteiger partial charge on any atom is -0.492 e. The summed E-state index contributed by atoms with van der Waals surface area (Å²) in [7, 11) is 1.41. The summed E-state index contributed by atoms with van der Waals surface area (Å²) in [4.78, 5) is 25.7. The molecule has 0 atom stereocenters. The average Bonchev–Trinajstić information content (AvgIpc) is 3.16. The van der Waals surface area contributed by atoms with Crippen LogP contribution < -0.4 is 4.74 Å². The van der Waals surface area contributed by atoms with Crippen molar-refractivity contribution in [3.05, 3.63) is 52.7 Å². The smallest absolute Gasteiger partial charge is 0.233 e. The predicted molar refractivity (Wildman–Crippen MR) is 83.6 cm³/mol. The third-order valence-corrected chi connectivity index (χ3v) is 4.16. The van der Waals surface area contributed by atoms with Crippen LogP contribution in [0.4, 0.5) is 0 Å². The molecule has 3 aromatic rings. The molecule has 2 heterocycles. The first kappa shape index (κ1) is 14.7. The molecule has 0 unspecified atom stereocenters. The first-order valence-corrected chi connectivity index (χ1v) is 7.37. The Morgan fingerprint density at radius 1 is 1.12 bits per heavy atom. The maximum atomic E-state index is 12.9. The molecule has 0 bridgehead atoms. The summed E-state index contributed by atoms with van der Waals surface area (Å²) >= 11 is 0. The van der Waals surface area contributed by atoms with Crippen molar-refractivity contribution >= 4 is 22.5 Å². The van der Waals surface area contributed by atoms with Crippen LogP contribution in [0, 0.1) is 0 Å². The summed E-state index contributed by atoms with van der Waals surface area (Å²) in [5.74, 6) is -0.540. The SMILES string of the molecule is COc1c2c(cc3ccoc13)C(=O)c1cc(C(C)(C)O)oc1C2=O. The number of hydrogen-bond acceptors (Lipinski definition) is 6. The lowest BCUT2D eigenvalue weighted by molar-refractivity contribution is 0.0526. The first-order chi connectivity index (χ1) is 11.3. The van der Waals surface area contributed by atoms with E-state index in [1.165, 1.54) is 33.3 Å². The van der Waals surface area contributed by atoms with E-state index in [-0.39, 0.29) is 39.7 Å². The van der Waals surface area contributed by atoms with Crippen LogP contribution in [0.3, 0.4) is 0 Å². The molecule has 1 aliphatic rings. The van der Waals surface area contributed by atoms with Gasteiger partial charge in [-0.2, -0.15) is 0 Å². The van der Waals surface area contributed by atoms with Crippen molar-refractivity contribution in [2.75, 3.05) is 7.11 Å². The molecule has 24 heavy (non-hydrogen) atoms. The molecule has 0 amide bonds. The van der Waals surface area contributed by atoms with Gasteiger partial charge in [-0.15, -0.1) is 0 Å². The fourth-order valence-corrected chi connectivity index (χ4v) is 2.97. The van der Waals surface area contributed by atoms with Crippen molar-refractivity contribution in [1.82, 2.24) is 0 Å². The molecule has 6 nitrogen and oxygen atoms in total. The van der Waals surface area contributed by atoms with Gasteiger partial charge in [-0.1, -0.05) is 0 Å². The van der Waals surface area contributed by atoms with Gasteiger partial charge < -0.3 is 18.7 Å². The lowest BCUT2D eigenvalue weighted by Gasteiger charge is -2.16. The second-order valence-corrected chi connectivity index (χ2v) is 6.24. The Hall–Kier alpha value is -2.86. The van der Waals surface area contributed by atoms with Gasteiger partial charge in [-0.3, -0.25) is 9.59 Å². The van der Waals surface area contributed by atoms with Gasteiger partial charge in [0.1, 0.15) is 11.4 Å². The highest BCUT2D eigenvalue weighted by Gasteiger charge is 2.39. The molecule has 0 radical (unpaired) electrons. The van der Waals surface area contributed by atoms with E-state index in [1.54, 1.807) is 12.1 Å². The molecule has 2 aromatic heterocycles. The van der Waals surface area contributed by atoms with Crippen molar-refractivity contribution in [3.8, 4) is 5.75 Å². The molecular weight excluding hydrogens is 312 g/mol. The summed E-state index contributed by atoms with van der Waals surface area (Å²) in [6, 6.07) is 4.73. The van der Waals surface area contributed by atoms with Crippen LogP contribution >= 0.6 is 0 Å². The van der Waals surface area contributed by atoms with E-state index >= 15 is 0 Å². The molecule has 1 N–H and O–H groups in total. The molecule has 122 valence electrons. The molecule has 4 rings (SSSR count). The maximum absolute atomic E-state index is 12.9. The predicted octanol–water partition coefficient (Wildman–Crippen LogP) is 3.04. The van der Waals surface area contributed by atoms with Gasteiger partial charge in [0, 0.05) is 10.9 Å². The highest BCUT2D eigenvalue weighted by atomic mass is 16.5. The summed E-state index contributed by atoms with van der Waals surface area (Å²) in [6.45, 7) is 3.04. The van der Waals surface area contributed by atoms with E-state index in [0.717, 1.165) is 0 Å². The molecular formula is C18H14O6. The zero-order valence-corrected chi connectivity index (χ0v) is 13.3. The molecule has 0 fully saturated rings. The van der Waals surface area contributed by atoms with Crippen molar-refractivity contribution < 1.29 is 28.3 Å². The van der Waals surface area contributed by atoms with Gasteiger partial charge in [0.05, 0.1) is 24.5 Å². The number of furan rings is 2. The first-order valence-electron chi connectivity index (χ1n) is 7.37. The number of rotatable bonds is 2. The summed E-state index contributed by atoms with van der Waals surface area (Å²) in [5.41, 5.74) is -0.401. The van der Waals surface area contributed by atoms with E-state index < -0.39 is 11.4 Å². The number of benzene rings is 1. The van der Waals surface area contributed by atoms with Gasteiger partial charge in [0.25, 0.3) is 0 Å². The van der Waals surface area contributed by atoms with Crippen LogP contribution in [0.15, 0.2) is 33.3 Å². The fourth-order valence-electron chi connectivity index (χ4n) is 2.97. The molecule has 0 saturated heterocycles. The van der Waals surface area contributed by atoms with Gasteiger partial charge in [0.15, 0.2) is 22.9 Å². The number of hydrogen-bond donors (Lipinski definition) is 1. The maximum Gasteiger partial charge on any atom is 0.233 e. The van der Waals surface area contributed by atoms with Crippen LogP contribution in [0.25, 0.3) is 11.0 Å². The van der Waals surface area contributed by atoms with Gasteiger partial charge >= 0.3 is 0 Å². The van der Waals surface area contributed by atoms with Gasteiger partial charge in [-0.05, 0) is 32.0 Å². The van der Waals surface area contributed by atoms with Crippen molar-refractivity contribution in [2.45, 2.75) is 19.4 Å². The quantitative estimate of drug-likeness (QED) is 0.609. The monoisotopic (exact) mass is 326 g/mol. The molecule has 0 saturated carbocycles. The van der Waals surface area contributed by atoms with E-state index in [1.807, 2.05) is 0 Å². The number of ketones is 2. The minimum atomic E-state index is -1.30. The van der Waals surface area contributed by atoms with E-state index in [4.69, 9.17) is 13.6 Å². The van der Waals surface area contributed by atoms with Crippen LogP contribution in [0.2, 0.25) is 0 Å². The highest BCUT2D eigenvalue weighted by Crippen LogP contribution is 2.40. The molecule has 1 aliphatic carbocycles. The standard InChI is InChI=1S/C18H14O6/c1-18(2,21)11-7-10-13(19)9-6-8-4-5-23-15(8)17(22-3)12(9)14(20)16(10)24-11/h4-7,21H,1-3H3. The number of ether oxygens (including phenoxy) is 1. The van der Waals surface area contributed by atoms with Crippen LogP contribution in [0.1, 0.15) is 51.6 Å². The lowest BCUT2D eigenvalue weighted by atomic mass is 9.86. The zero-order chi connectivity index (χ0) is 17.2.